The minimum Gasteiger partial charge on any atom is -0.481 e. The molecule has 2 aromatic heterocycles. The van der Waals surface area contributed by atoms with E-state index >= 15 is 0 Å². The molecule has 3 heterocycles. The van der Waals surface area contributed by atoms with Crippen molar-refractivity contribution in [3.05, 3.63) is 46.4 Å². The number of carbonyl (C=O) groups excluding carboxylic acids is 1. The standard InChI is InChI=1S/C19H24N4O3/c1-12-14(11-16(22-12)19(26)21-10-8-17(24)25)5-7-15-6-4-13-3-2-9-20-18(13)23-15/h4,6,11,22H,2-3,5,7-10H2,1H3,(H,20,23)(H,21,26)(H,24,25). The number of anilines is 1. The second-order valence-corrected chi connectivity index (χ2v) is 6.57. The Morgan fingerprint density at radius 3 is 2.96 bits per heavy atom. The van der Waals surface area contributed by atoms with Gasteiger partial charge in [0.1, 0.15) is 11.5 Å². The van der Waals surface area contributed by atoms with Gasteiger partial charge in [0.15, 0.2) is 0 Å². The number of aromatic nitrogens is 2. The number of carboxylic acids is 1. The average Bonchev–Trinajstić information content (AvgIpc) is 3.00. The highest BCUT2D eigenvalue weighted by atomic mass is 16.4. The van der Waals surface area contributed by atoms with Gasteiger partial charge in [0, 0.05) is 24.5 Å². The normalized spacial score (nSPS) is 13.0. The van der Waals surface area contributed by atoms with E-state index < -0.39 is 5.97 Å². The van der Waals surface area contributed by atoms with Crippen LogP contribution >= 0.6 is 0 Å². The molecule has 4 N–H and O–H groups in total. The van der Waals surface area contributed by atoms with Crippen molar-refractivity contribution in [3.8, 4) is 0 Å². The Labute approximate surface area is 152 Å². The molecule has 0 fully saturated rings. The first-order valence-corrected chi connectivity index (χ1v) is 8.94. The van der Waals surface area contributed by atoms with E-state index in [0.29, 0.717) is 5.69 Å². The molecule has 0 aromatic carbocycles. The van der Waals surface area contributed by atoms with Crippen LogP contribution in [-0.2, 0) is 24.1 Å². The van der Waals surface area contributed by atoms with Crippen molar-refractivity contribution in [1.29, 1.82) is 0 Å². The zero-order valence-electron chi connectivity index (χ0n) is 14.9. The summed E-state index contributed by atoms with van der Waals surface area (Å²) < 4.78 is 0. The molecule has 0 saturated heterocycles. The van der Waals surface area contributed by atoms with Crippen LogP contribution in [-0.4, -0.2) is 40.0 Å². The lowest BCUT2D eigenvalue weighted by Gasteiger charge is -2.17. The van der Waals surface area contributed by atoms with E-state index in [1.807, 2.05) is 13.0 Å². The van der Waals surface area contributed by atoms with Crippen LogP contribution < -0.4 is 10.6 Å². The highest BCUT2D eigenvalue weighted by Gasteiger charge is 2.13. The molecule has 26 heavy (non-hydrogen) atoms. The molecule has 7 nitrogen and oxygen atoms in total. The predicted octanol–water partition coefficient (Wildman–Crippen LogP) is 2.07. The molecule has 7 heteroatoms. The summed E-state index contributed by atoms with van der Waals surface area (Å²) in [6.45, 7) is 3.03. The first-order chi connectivity index (χ1) is 12.5. The van der Waals surface area contributed by atoms with E-state index in [1.54, 1.807) is 0 Å². The number of rotatable bonds is 7. The highest BCUT2D eigenvalue weighted by molar-refractivity contribution is 5.93. The van der Waals surface area contributed by atoms with Crippen molar-refractivity contribution in [2.75, 3.05) is 18.4 Å². The smallest absolute Gasteiger partial charge is 0.305 e. The van der Waals surface area contributed by atoms with Gasteiger partial charge < -0.3 is 20.7 Å². The molecule has 0 spiro atoms. The summed E-state index contributed by atoms with van der Waals surface area (Å²) in [7, 11) is 0. The lowest BCUT2D eigenvalue weighted by atomic mass is 10.0. The topological polar surface area (TPSA) is 107 Å². The van der Waals surface area contributed by atoms with Crippen molar-refractivity contribution in [2.24, 2.45) is 0 Å². The van der Waals surface area contributed by atoms with Crippen molar-refractivity contribution in [3.63, 3.8) is 0 Å². The number of nitrogens with zero attached hydrogens (tertiary/aromatic N) is 1. The predicted molar refractivity (Wildman–Crippen MR) is 98.6 cm³/mol. The first-order valence-electron chi connectivity index (χ1n) is 8.94. The van der Waals surface area contributed by atoms with E-state index in [4.69, 9.17) is 10.1 Å². The molecule has 1 aliphatic rings. The van der Waals surface area contributed by atoms with Gasteiger partial charge >= 0.3 is 5.97 Å². The number of aliphatic carboxylic acids is 1. The maximum Gasteiger partial charge on any atom is 0.305 e. The van der Waals surface area contributed by atoms with Crippen LogP contribution in [0.1, 0.15) is 45.8 Å². The SMILES string of the molecule is Cc1[nH]c(C(=O)NCCC(=O)O)cc1CCc1ccc2c(n1)NCCC2. The molecule has 0 bridgehead atoms. The molecule has 138 valence electrons. The Bertz CT molecular complexity index is 813. The summed E-state index contributed by atoms with van der Waals surface area (Å²) in [5.41, 5.74) is 4.79. The molecule has 3 rings (SSSR count). The maximum absolute atomic E-state index is 12.1. The van der Waals surface area contributed by atoms with Crippen molar-refractivity contribution < 1.29 is 14.7 Å². The first kappa shape index (κ1) is 18.0. The number of carbonyl (C=O) groups is 2. The van der Waals surface area contributed by atoms with Gasteiger partial charge in [-0.3, -0.25) is 9.59 Å². The fraction of sp³-hybridized carbons (Fsp3) is 0.421. The zero-order chi connectivity index (χ0) is 18.5. The van der Waals surface area contributed by atoms with Gasteiger partial charge in [-0.1, -0.05) is 6.07 Å². The maximum atomic E-state index is 12.1. The number of hydrogen-bond acceptors (Lipinski definition) is 4. The van der Waals surface area contributed by atoms with Gasteiger partial charge in [-0.2, -0.15) is 0 Å². The summed E-state index contributed by atoms with van der Waals surface area (Å²) >= 11 is 0. The number of amides is 1. The molecule has 0 saturated carbocycles. The minimum atomic E-state index is -0.930. The zero-order valence-corrected chi connectivity index (χ0v) is 14.9. The second-order valence-electron chi connectivity index (χ2n) is 6.57. The van der Waals surface area contributed by atoms with Crippen molar-refractivity contribution in [2.45, 2.75) is 39.0 Å². The van der Waals surface area contributed by atoms with E-state index in [2.05, 4.69) is 27.8 Å². The molecule has 1 amide bonds. The number of H-pyrrole nitrogens is 1. The molecule has 0 radical (unpaired) electrons. The fourth-order valence-electron chi connectivity index (χ4n) is 3.13. The summed E-state index contributed by atoms with van der Waals surface area (Å²) in [5.74, 6) is -0.213. The van der Waals surface area contributed by atoms with E-state index in [1.165, 1.54) is 5.56 Å². The van der Waals surface area contributed by atoms with Gasteiger partial charge in [-0.05, 0) is 55.9 Å². The monoisotopic (exact) mass is 356 g/mol. The molecule has 0 atom stereocenters. The van der Waals surface area contributed by atoms with Crippen LogP contribution in [0, 0.1) is 6.92 Å². The van der Waals surface area contributed by atoms with Crippen LogP contribution in [0.15, 0.2) is 18.2 Å². The van der Waals surface area contributed by atoms with Crippen molar-refractivity contribution in [1.82, 2.24) is 15.3 Å². The number of aryl methyl sites for hydroxylation is 4. The van der Waals surface area contributed by atoms with Crippen LogP contribution in [0.5, 0.6) is 0 Å². The van der Waals surface area contributed by atoms with Gasteiger partial charge in [-0.15, -0.1) is 0 Å². The molecule has 2 aromatic rings. The Kier molecular flexibility index (Phi) is 5.55. The lowest BCUT2D eigenvalue weighted by Crippen LogP contribution is -2.26. The van der Waals surface area contributed by atoms with Gasteiger partial charge in [0.25, 0.3) is 5.91 Å². The highest BCUT2D eigenvalue weighted by Crippen LogP contribution is 2.21. The Hall–Kier alpha value is -2.83. The Morgan fingerprint density at radius 2 is 2.15 bits per heavy atom. The summed E-state index contributed by atoms with van der Waals surface area (Å²) in [6, 6.07) is 6.06. The van der Waals surface area contributed by atoms with Crippen LogP contribution in [0.25, 0.3) is 0 Å². The molecule has 1 aliphatic heterocycles. The number of pyridine rings is 1. The van der Waals surface area contributed by atoms with E-state index in [9.17, 15) is 9.59 Å². The Morgan fingerprint density at radius 1 is 1.31 bits per heavy atom. The molecular formula is C19H24N4O3. The Balaban J connectivity index is 1.59. The number of fused-ring (bicyclic) bond motifs is 1. The lowest BCUT2D eigenvalue weighted by molar-refractivity contribution is -0.136. The number of hydrogen-bond donors (Lipinski definition) is 4. The van der Waals surface area contributed by atoms with Crippen molar-refractivity contribution >= 4 is 17.7 Å². The minimum absolute atomic E-state index is 0.0870. The molecule has 0 unspecified atom stereocenters. The summed E-state index contributed by atoms with van der Waals surface area (Å²) in [6.07, 6.45) is 3.72. The number of nitrogens with one attached hydrogen (secondary N) is 3. The molecule has 0 aliphatic carbocycles. The van der Waals surface area contributed by atoms with E-state index in [0.717, 1.165) is 55.0 Å². The average molecular weight is 356 g/mol. The van der Waals surface area contributed by atoms with Gasteiger partial charge in [0.05, 0.1) is 6.42 Å². The quantitative estimate of drug-likeness (QED) is 0.607. The van der Waals surface area contributed by atoms with Crippen LogP contribution in [0.4, 0.5) is 5.82 Å². The third-order valence-electron chi connectivity index (χ3n) is 4.59. The van der Waals surface area contributed by atoms with Crippen LogP contribution in [0.2, 0.25) is 0 Å². The van der Waals surface area contributed by atoms with E-state index in [-0.39, 0.29) is 18.9 Å². The molecular weight excluding hydrogens is 332 g/mol. The largest absolute Gasteiger partial charge is 0.481 e. The second kappa shape index (κ2) is 8.03. The van der Waals surface area contributed by atoms with Crippen LogP contribution in [0.3, 0.4) is 0 Å². The van der Waals surface area contributed by atoms with Gasteiger partial charge in [-0.25, -0.2) is 4.98 Å². The summed E-state index contributed by atoms with van der Waals surface area (Å²) in [5, 5.41) is 14.6. The third kappa shape index (κ3) is 4.41. The third-order valence-corrected chi connectivity index (χ3v) is 4.59. The number of aromatic amines is 1. The fourth-order valence-corrected chi connectivity index (χ4v) is 3.13. The number of carboxylic acid groups (broad SMARTS) is 1. The summed E-state index contributed by atoms with van der Waals surface area (Å²) in [4.78, 5) is 30.4. The van der Waals surface area contributed by atoms with Gasteiger partial charge in [0.2, 0.25) is 0 Å².